The van der Waals surface area contributed by atoms with Crippen molar-refractivity contribution in [3.05, 3.63) is 71.3 Å². The van der Waals surface area contributed by atoms with Gasteiger partial charge in [-0.25, -0.2) is 9.10 Å². The van der Waals surface area contributed by atoms with Gasteiger partial charge in [-0.05, 0) is 55.1 Å². The first-order valence-corrected chi connectivity index (χ1v) is 11.5. The van der Waals surface area contributed by atoms with Crippen molar-refractivity contribution in [2.24, 2.45) is 5.92 Å². The van der Waals surface area contributed by atoms with Crippen molar-refractivity contribution in [1.82, 2.24) is 9.21 Å². The highest BCUT2D eigenvalue weighted by atomic mass is 32.2. The molecule has 2 aromatic rings. The second-order valence-electron chi connectivity index (χ2n) is 7.82. The van der Waals surface area contributed by atoms with Crippen molar-refractivity contribution < 1.29 is 23.4 Å². The fourth-order valence-corrected chi connectivity index (χ4v) is 4.51. The number of nitrogens with zero attached hydrogens (tertiary/aromatic N) is 2. The van der Waals surface area contributed by atoms with Gasteiger partial charge in [-0.3, -0.25) is 9.11 Å². The van der Waals surface area contributed by atoms with Gasteiger partial charge in [0.25, 0.3) is 0 Å². The molecule has 0 saturated carbocycles. The van der Waals surface area contributed by atoms with Gasteiger partial charge in [0.15, 0.2) is 0 Å². The van der Waals surface area contributed by atoms with Gasteiger partial charge in [-0.1, -0.05) is 42.5 Å². The lowest BCUT2D eigenvalue weighted by atomic mass is 9.95. The number of carbonyl (C=O) groups is 1. The molecule has 1 fully saturated rings. The average Bonchev–Trinajstić information content (AvgIpc) is 2.82. The van der Waals surface area contributed by atoms with Crippen LogP contribution in [0.2, 0.25) is 0 Å². The Hall–Kier alpha value is -2.10. The number of benzene rings is 2. The lowest BCUT2D eigenvalue weighted by Crippen LogP contribution is -2.43. The highest BCUT2D eigenvalue weighted by molar-refractivity contribution is 7.76. The Morgan fingerprint density at radius 1 is 1.19 bits per heavy atom. The molecule has 2 aromatic carbocycles. The number of rotatable bonds is 9. The maximum atomic E-state index is 12.1. The molecule has 2 unspecified atom stereocenters. The fraction of sp³-hybridized carbons (Fsp3) is 0.435. The third-order valence-electron chi connectivity index (χ3n) is 5.85. The summed E-state index contributed by atoms with van der Waals surface area (Å²) in [6, 6.07) is 16.6. The molecule has 0 aliphatic carbocycles. The molecule has 7 nitrogen and oxygen atoms in total. The highest BCUT2D eigenvalue weighted by Crippen LogP contribution is 2.28. The molecular weight excluding hydrogens is 416 g/mol. The van der Waals surface area contributed by atoms with Crippen LogP contribution in [0.5, 0.6) is 0 Å². The van der Waals surface area contributed by atoms with Crippen LogP contribution in [0.1, 0.15) is 40.4 Å². The van der Waals surface area contributed by atoms with Crippen LogP contribution < -0.4 is 0 Å². The van der Waals surface area contributed by atoms with Gasteiger partial charge in [-0.15, -0.1) is 0 Å². The second-order valence-corrected chi connectivity index (χ2v) is 8.77. The van der Waals surface area contributed by atoms with E-state index in [1.165, 1.54) is 11.4 Å². The molecule has 1 N–H and O–H groups in total. The molecule has 0 spiro atoms. The lowest BCUT2D eigenvalue weighted by Gasteiger charge is -2.40. The number of likely N-dealkylation sites (tertiary alicyclic amines) is 1. The van der Waals surface area contributed by atoms with Gasteiger partial charge in [0.1, 0.15) is 0 Å². The van der Waals surface area contributed by atoms with Gasteiger partial charge < -0.3 is 14.4 Å². The standard InChI is InChI=1S/C23H30N2O5S/c1-30-23(27)21-9-7-18(8-10-21)15-25(31(28)29)16-22(20-5-3-2-4-6-20)24-13-11-19(17-26)12-14-24/h2-10,19,22,26H,11-17H2,1H3,(H,28,29)/p-1. The number of esters is 1. The van der Waals surface area contributed by atoms with Crippen molar-refractivity contribution in [2.45, 2.75) is 25.4 Å². The van der Waals surface area contributed by atoms with E-state index in [9.17, 15) is 18.7 Å². The van der Waals surface area contributed by atoms with E-state index in [2.05, 4.69) is 4.90 Å². The van der Waals surface area contributed by atoms with Gasteiger partial charge in [0.05, 0.1) is 12.7 Å². The third kappa shape index (κ3) is 6.44. The van der Waals surface area contributed by atoms with E-state index in [4.69, 9.17) is 4.74 Å². The third-order valence-corrected chi connectivity index (χ3v) is 6.55. The number of aliphatic hydroxyl groups excluding tert-OH is 1. The molecule has 2 atom stereocenters. The zero-order chi connectivity index (χ0) is 22.2. The molecule has 3 rings (SSSR count). The number of ether oxygens (including phenoxy) is 1. The summed E-state index contributed by atoms with van der Waals surface area (Å²) in [6.45, 7) is 2.37. The summed E-state index contributed by atoms with van der Waals surface area (Å²) in [6.07, 6.45) is 1.80. The molecule has 1 aliphatic rings. The Bertz CT molecular complexity index is 854. The number of aliphatic hydroxyl groups is 1. The van der Waals surface area contributed by atoms with Gasteiger partial charge in [-0.2, -0.15) is 0 Å². The summed E-state index contributed by atoms with van der Waals surface area (Å²) in [5, 5.41) is 9.45. The minimum absolute atomic E-state index is 0.0758. The zero-order valence-corrected chi connectivity index (χ0v) is 18.5. The van der Waals surface area contributed by atoms with Crippen LogP contribution in [0.4, 0.5) is 0 Å². The molecule has 0 bridgehead atoms. The summed E-state index contributed by atoms with van der Waals surface area (Å²) in [4.78, 5) is 13.9. The summed E-state index contributed by atoms with van der Waals surface area (Å²) < 4.78 is 30.3. The van der Waals surface area contributed by atoms with Crippen LogP contribution in [-0.2, 0) is 22.5 Å². The van der Waals surface area contributed by atoms with Gasteiger partial charge in [0.2, 0.25) is 0 Å². The summed E-state index contributed by atoms with van der Waals surface area (Å²) in [5.74, 6) is -0.114. The lowest BCUT2D eigenvalue weighted by molar-refractivity contribution is 0.0600. The molecule has 168 valence electrons. The Morgan fingerprint density at radius 2 is 1.84 bits per heavy atom. The minimum atomic E-state index is -2.40. The predicted molar refractivity (Wildman–Crippen MR) is 118 cm³/mol. The van der Waals surface area contributed by atoms with E-state index in [0.29, 0.717) is 18.0 Å². The number of hydrogen-bond acceptors (Lipinski definition) is 6. The SMILES string of the molecule is COC(=O)c1ccc(CN(CC(c2ccccc2)N2CCC(CO)CC2)S(=O)[O-])cc1. The monoisotopic (exact) mass is 445 g/mol. The van der Waals surface area contributed by atoms with Crippen LogP contribution in [0, 0.1) is 5.92 Å². The normalized spacial score (nSPS) is 17.4. The van der Waals surface area contributed by atoms with Crippen LogP contribution in [0.15, 0.2) is 54.6 Å². The Balaban J connectivity index is 1.76. The molecule has 0 radical (unpaired) electrons. The maximum absolute atomic E-state index is 12.1. The van der Waals surface area contributed by atoms with Crippen molar-refractivity contribution in [3.63, 3.8) is 0 Å². The summed E-state index contributed by atoms with van der Waals surface area (Å²) in [5.41, 5.74) is 2.29. The molecule has 31 heavy (non-hydrogen) atoms. The quantitative estimate of drug-likeness (QED) is 0.471. The van der Waals surface area contributed by atoms with Crippen LogP contribution in [0.25, 0.3) is 0 Å². The number of methoxy groups -OCH3 is 1. The van der Waals surface area contributed by atoms with Crippen LogP contribution in [0.3, 0.4) is 0 Å². The van der Waals surface area contributed by atoms with Crippen LogP contribution >= 0.6 is 0 Å². The maximum Gasteiger partial charge on any atom is 0.337 e. The molecule has 1 aliphatic heterocycles. The predicted octanol–water partition coefficient (Wildman–Crippen LogP) is 2.51. The number of piperidine rings is 1. The largest absolute Gasteiger partial charge is 0.760 e. The highest BCUT2D eigenvalue weighted by Gasteiger charge is 2.28. The van der Waals surface area contributed by atoms with E-state index in [1.807, 2.05) is 30.3 Å². The van der Waals surface area contributed by atoms with Crippen molar-refractivity contribution in [2.75, 3.05) is 33.4 Å². The molecular formula is C23H29N2O5S-. The average molecular weight is 446 g/mol. The van der Waals surface area contributed by atoms with E-state index >= 15 is 0 Å². The summed E-state index contributed by atoms with van der Waals surface area (Å²) in [7, 11) is 1.33. The van der Waals surface area contributed by atoms with E-state index in [-0.39, 0.29) is 19.2 Å². The molecule has 0 amide bonds. The number of hydrogen-bond donors (Lipinski definition) is 1. The topological polar surface area (TPSA) is 93.1 Å². The molecule has 0 aromatic heterocycles. The molecule has 1 heterocycles. The first-order valence-electron chi connectivity index (χ1n) is 10.4. The smallest absolute Gasteiger partial charge is 0.337 e. The summed E-state index contributed by atoms with van der Waals surface area (Å²) >= 11 is -2.40. The van der Waals surface area contributed by atoms with Gasteiger partial charge in [0, 0.05) is 37.0 Å². The Labute approximate surface area is 186 Å². The van der Waals surface area contributed by atoms with Crippen molar-refractivity contribution in [3.8, 4) is 0 Å². The Kier molecular flexibility index (Phi) is 8.74. The van der Waals surface area contributed by atoms with E-state index < -0.39 is 17.2 Å². The first kappa shape index (κ1) is 23.6. The molecule has 8 heteroatoms. The number of carbonyl (C=O) groups excluding carboxylic acids is 1. The van der Waals surface area contributed by atoms with E-state index in [0.717, 1.165) is 37.1 Å². The second kappa shape index (κ2) is 11.5. The Morgan fingerprint density at radius 3 is 2.39 bits per heavy atom. The van der Waals surface area contributed by atoms with Crippen molar-refractivity contribution >= 4 is 17.2 Å². The van der Waals surface area contributed by atoms with E-state index in [1.54, 1.807) is 24.3 Å². The minimum Gasteiger partial charge on any atom is -0.760 e. The molecule has 1 saturated heterocycles. The van der Waals surface area contributed by atoms with Crippen LogP contribution in [-0.4, -0.2) is 62.4 Å². The fourth-order valence-electron chi connectivity index (χ4n) is 3.99. The van der Waals surface area contributed by atoms with Crippen molar-refractivity contribution in [1.29, 1.82) is 0 Å². The van der Waals surface area contributed by atoms with Gasteiger partial charge >= 0.3 is 5.97 Å². The zero-order valence-electron chi connectivity index (χ0n) is 17.7. The first-order chi connectivity index (χ1) is 15.0.